The Morgan fingerprint density at radius 2 is 2.00 bits per heavy atom. The summed E-state index contributed by atoms with van der Waals surface area (Å²) in [4.78, 5) is 0. The standard InChI is InChI=1S/C9H15BNOSi.Na/c1-5-12-9(10-8-11)6-7-13(2,3)4;/h9H,5H2,1-4H3;/q-1;+1. The number of hydrogen-bond acceptors (Lipinski definition) is 2. The minimum Gasteiger partial charge on any atom is -0.409 e. The molecule has 1 atom stereocenters. The topological polar surface area (TPSA) is 33.0 Å². The normalized spacial score (nSPS) is 11.6. The predicted octanol–water partition coefficient (Wildman–Crippen LogP) is -1.58. The SMILES string of the molecule is CCOC([B-]C#N)C#C[Si](C)(C)C.[Na+]. The van der Waals surface area contributed by atoms with Crippen LogP contribution in [0.3, 0.4) is 0 Å². The third-order valence-electron chi connectivity index (χ3n) is 1.16. The van der Waals surface area contributed by atoms with Crippen LogP contribution >= 0.6 is 0 Å². The van der Waals surface area contributed by atoms with Crippen LogP contribution in [0.15, 0.2) is 0 Å². The van der Waals surface area contributed by atoms with E-state index in [0.717, 1.165) is 0 Å². The molecule has 0 amide bonds. The van der Waals surface area contributed by atoms with Crippen LogP contribution in [0, 0.1) is 22.7 Å². The molecule has 0 saturated heterocycles. The van der Waals surface area contributed by atoms with Gasteiger partial charge in [0.25, 0.3) is 0 Å². The summed E-state index contributed by atoms with van der Waals surface area (Å²) in [5.74, 6) is 4.92. The van der Waals surface area contributed by atoms with Crippen LogP contribution in [0.5, 0.6) is 0 Å². The molecule has 0 spiro atoms. The van der Waals surface area contributed by atoms with E-state index in [2.05, 4.69) is 31.1 Å². The van der Waals surface area contributed by atoms with Crippen molar-refractivity contribution in [2.45, 2.75) is 32.6 Å². The minimum absolute atomic E-state index is 0. The van der Waals surface area contributed by atoms with Gasteiger partial charge in [0.05, 0.1) is 0 Å². The molecule has 0 aliphatic heterocycles. The molecule has 0 aromatic heterocycles. The van der Waals surface area contributed by atoms with Crippen LogP contribution in [0.25, 0.3) is 0 Å². The van der Waals surface area contributed by atoms with Crippen LogP contribution in [0.2, 0.25) is 19.6 Å². The van der Waals surface area contributed by atoms with Gasteiger partial charge in [0.2, 0.25) is 0 Å². The van der Waals surface area contributed by atoms with Crippen molar-refractivity contribution in [1.82, 2.24) is 0 Å². The second-order valence-corrected chi connectivity index (χ2v) is 8.44. The van der Waals surface area contributed by atoms with Crippen LogP contribution in [0.4, 0.5) is 0 Å². The van der Waals surface area contributed by atoms with E-state index in [1.165, 1.54) is 7.28 Å². The maximum absolute atomic E-state index is 8.45. The summed E-state index contributed by atoms with van der Waals surface area (Å²) in [6, 6.07) is -0.318. The molecule has 0 N–H and O–H groups in total. The van der Waals surface area contributed by atoms with Crippen molar-refractivity contribution in [3.05, 3.63) is 0 Å². The fourth-order valence-electron chi connectivity index (χ4n) is 0.666. The van der Waals surface area contributed by atoms with Crippen LogP contribution in [-0.2, 0) is 4.74 Å². The number of nitrogens with zero attached hydrogens (tertiary/aromatic N) is 1. The molecule has 70 valence electrons. The molecule has 0 aromatic carbocycles. The van der Waals surface area contributed by atoms with E-state index in [4.69, 9.17) is 10.00 Å². The van der Waals surface area contributed by atoms with E-state index in [9.17, 15) is 0 Å². The summed E-state index contributed by atoms with van der Waals surface area (Å²) in [6.07, 6.45) is 0. The van der Waals surface area contributed by atoms with Gasteiger partial charge in [-0.3, -0.25) is 5.26 Å². The number of rotatable bonds is 3. The van der Waals surface area contributed by atoms with Crippen LogP contribution in [-0.4, -0.2) is 28.0 Å². The van der Waals surface area contributed by atoms with E-state index < -0.39 is 8.07 Å². The first-order valence-electron chi connectivity index (χ1n) is 4.37. The summed E-state index contributed by atoms with van der Waals surface area (Å²) < 4.78 is 5.25. The van der Waals surface area contributed by atoms with E-state index in [1.807, 2.05) is 12.9 Å². The van der Waals surface area contributed by atoms with Crippen molar-refractivity contribution in [2.24, 2.45) is 0 Å². The fourth-order valence-corrected chi connectivity index (χ4v) is 1.24. The maximum Gasteiger partial charge on any atom is 1.00 e. The zero-order chi connectivity index (χ0) is 10.3. The molecule has 0 fully saturated rings. The smallest absolute Gasteiger partial charge is 0.409 e. The zero-order valence-corrected chi connectivity index (χ0v) is 12.7. The van der Waals surface area contributed by atoms with E-state index >= 15 is 0 Å². The minimum atomic E-state index is -1.35. The quantitative estimate of drug-likeness (QED) is 0.420. The number of ether oxygens (including phenoxy) is 1. The number of hydrogen-bond donors (Lipinski definition) is 0. The molecule has 0 heterocycles. The van der Waals surface area contributed by atoms with E-state index in [0.29, 0.717) is 6.61 Å². The first-order chi connectivity index (χ1) is 5.99. The van der Waals surface area contributed by atoms with Gasteiger partial charge in [0.1, 0.15) is 8.07 Å². The first kappa shape index (κ1) is 16.7. The Morgan fingerprint density at radius 1 is 1.43 bits per heavy atom. The summed E-state index contributed by atoms with van der Waals surface area (Å²) in [5, 5.41) is 8.45. The van der Waals surface area contributed by atoms with E-state index in [-0.39, 0.29) is 35.6 Å². The Balaban J connectivity index is 0. The molecular weight excluding hydrogens is 200 g/mol. The van der Waals surface area contributed by atoms with Crippen LogP contribution < -0.4 is 29.6 Å². The zero-order valence-electron chi connectivity index (χ0n) is 9.72. The molecule has 2 radical (unpaired) electrons. The molecule has 0 bridgehead atoms. The Labute approximate surface area is 111 Å². The summed E-state index contributed by atoms with van der Waals surface area (Å²) in [6.45, 7) is 8.97. The van der Waals surface area contributed by atoms with Gasteiger partial charge >= 0.3 is 29.6 Å². The van der Waals surface area contributed by atoms with Gasteiger partial charge in [-0.25, -0.2) is 5.97 Å². The molecule has 1 unspecified atom stereocenters. The molecule has 5 heteroatoms. The Hall–Kier alpha value is 0.292. The van der Waals surface area contributed by atoms with Crippen molar-refractivity contribution < 1.29 is 34.3 Å². The van der Waals surface area contributed by atoms with Gasteiger partial charge in [-0.05, 0) is 6.92 Å². The van der Waals surface area contributed by atoms with Gasteiger partial charge in [0, 0.05) is 6.61 Å². The van der Waals surface area contributed by atoms with Gasteiger partial charge in [-0.2, -0.15) is 0 Å². The molecule has 0 aliphatic carbocycles. The van der Waals surface area contributed by atoms with Gasteiger partial charge in [-0.1, -0.05) is 25.6 Å². The average Bonchev–Trinajstić information content (AvgIpc) is 2.00. The largest absolute Gasteiger partial charge is 1.00 e. The third-order valence-corrected chi connectivity index (χ3v) is 2.06. The van der Waals surface area contributed by atoms with Crippen LogP contribution in [0.1, 0.15) is 6.92 Å². The Kier molecular flexibility index (Phi) is 10.3. The molecule has 0 saturated carbocycles. The second-order valence-electron chi connectivity index (χ2n) is 3.69. The third kappa shape index (κ3) is 10.4. The summed E-state index contributed by atoms with van der Waals surface area (Å²) in [5.41, 5.74) is 3.17. The van der Waals surface area contributed by atoms with Crippen molar-refractivity contribution >= 4 is 15.4 Å². The summed E-state index contributed by atoms with van der Waals surface area (Å²) in [7, 11) is 0.0787. The first-order valence-corrected chi connectivity index (χ1v) is 7.87. The molecule has 0 aliphatic rings. The maximum atomic E-state index is 8.45. The molecule has 2 nitrogen and oxygen atoms in total. The number of nitriles is 1. The van der Waals surface area contributed by atoms with E-state index in [1.54, 1.807) is 0 Å². The van der Waals surface area contributed by atoms with Gasteiger partial charge in [0.15, 0.2) is 0 Å². The molecule has 0 rings (SSSR count). The average molecular weight is 215 g/mol. The monoisotopic (exact) mass is 215 g/mol. The Morgan fingerprint density at radius 3 is 2.36 bits per heavy atom. The second kappa shape index (κ2) is 8.59. The Bertz CT molecular complexity index is 248. The van der Waals surface area contributed by atoms with Gasteiger partial charge < -0.3 is 4.74 Å². The van der Waals surface area contributed by atoms with Crippen molar-refractivity contribution in [3.63, 3.8) is 0 Å². The molecular formula is C9H15BNNaOSi. The van der Waals surface area contributed by atoms with Crippen molar-refractivity contribution in [1.29, 1.82) is 5.26 Å². The fraction of sp³-hybridized carbons (Fsp3) is 0.667. The molecule has 14 heavy (non-hydrogen) atoms. The van der Waals surface area contributed by atoms with Crippen molar-refractivity contribution in [3.8, 4) is 17.4 Å². The summed E-state index contributed by atoms with van der Waals surface area (Å²) >= 11 is 0. The van der Waals surface area contributed by atoms with Crippen molar-refractivity contribution in [2.75, 3.05) is 6.61 Å². The molecule has 0 aromatic rings. The van der Waals surface area contributed by atoms with Gasteiger partial charge in [-0.15, -0.1) is 18.7 Å². The predicted molar refractivity (Wildman–Crippen MR) is 57.9 cm³/mol.